The number of hydrogen-bond acceptors (Lipinski definition) is 6. The summed E-state index contributed by atoms with van der Waals surface area (Å²) >= 11 is 7.55. The number of hydrogen-bond donors (Lipinski definition) is 1. The molecular formula is C21H24ClN5O2S. The van der Waals surface area contributed by atoms with Crippen LogP contribution in [0.1, 0.15) is 43.9 Å². The van der Waals surface area contributed by atoms with Gasteiger partial charge in [0.2, 0.25) is 16.0 Å². The molecule has 3 aromatic rings. The fourth-order valence-electron chi connectivity index (χ4n) is 3.71. The molecule has 3 heterocycles. The first-order chi connectivity index (χ1) is 14.6. The van der Waals surface area contributed by atoms with Crippen molar-refractivity contribution >= 4 is 38.9 Å². The Balaban J connectivity index is 1.59. The first kappa shape index (κ1) is 20.8. The molecule has 0 saturated carbocycles. The number of rotatable bonds is 6. The minimum absolute atomic E-state index is 0.0252. The highest BCUT2D eigenvalue weighted by molar-refractivity contribution is 7.20. The lowest BCUT2D eigenvalue weighted by atomic mass is 10.0. The molecule has 1 aromatic carbocycles. The molecule has 1 amide bonds. The van der Waals surface area contributed by atoms with Crippen molar-refractivity contribution in [1.82, 2.24) is 19.9 Å². The summed E-state index contributed by atoms with van der Waals surface area (Å²) in [6.07, 6.45) is 4.20. The molecule has 0 bridgehead atoms. The number of piperidine rings is 1. The highest BCUT2D eigenvalue weighted by Gasteiger charge is 2.31. The number of nitrogens with zero attached hydrogens (tertiary/aromatic N) is 4. The number of fused-ring (bicyclic) bond motifs is 1. The number of nitrogens with one attached hydrogen (secondary N) is 1. The van der Waals surface area contributed by atoms with Gasteiger partial charge in [-0.3, -0.25) is 9.59 Å². The highest BCUT2D eigenvalue weighted by Crippen LogP contribution is 2.29. The van der Waals surface area contributed by atoms with E-state index in [2.05, 4.69) is 15.4 Å². The van der Waals surface area contributed by atoms with E-state index in [1.54, 1.807) is 0 Å². The van der Waals surface area contributed by atoms with Crippen molar-refractivity contribution in [2.24, 2.45) is 0 Å². The fourth-order valence-corrected chi connectivity index (χ4v) is 4.92. The number of benzene rings is 1. The smallest absolute Gasteiger partial charge is 0.294 e. The topological polar surface area (TPSA) is 79.6 Å². The average Bonchev–Trinajstić information content (AvgIpc) is 3.20. The molecule has 0 spiro atoms. The van der Waals surface area contributed by atoms with Gasteiger partial charge in [0.05, 0.1) is 5.69 Å². The van der Waals surface area contributed by atoms with Crippen LogP contribution in [0.15, 0.2) is 35.1 Å². The van der Waals surface area contributed by atoms with Gasteiger partial charge in [-0.15, -0.1) is 5.10 Å². The van der Waals surface area contributed by atoms with Crippen LogP contribution >= 0.6 is 22.9 Å². The van der Waals surface area contributed by atoms with Crippen molar-refractivity contribution in [3.05, 3.63) is 57.0 Å². The Morgan fingerprint density at radius 1 is 1.30 bits per heavy atom. The van der Waals surface area contributed by atoms with Gasteiger partial charge < -0.3 is 10.2 Å². The maximum absolute atomic E-state index is 12.9. The van der Waals surface area contributed by atoms with Crippen LogP contribution in [-0.4, -0.2) is 33.1 Å². The normalized spacial score (nSPS) is 16.7. The average molecular weight is 446 g/mol. The molecule has 9 heteroatoms. The molecule has 2 aromatic heterocycles. The molecule has 0 unspecified atom stereocenters. The third-order valence-corrected chi connectivity index (χ3v) is 6.59. The van der Waals surface area contributed by atoms with Crippen molar-refractivity contribution in [2.45, 2.75) is 51.6 Å². The zero-order chi connectivity index (χ0) is 21.1. The minimum atomic E-state index is -0.352. The van der Waals surface area contributed by atoms with Crippen LogP contribution in [-0.2, 0) is 17.8 Å². The van der Waals surface area contributed by atoms with E-state index in [0.717, 1.165) is 31.2 Å². The first-order valence-electron chi connectivity index (χ1n) is 10.2. The Kier molecular flexibility index (Phi) is 6.34. The molecule has 4 rings (SSSR count). The van der Waals surface area contributed by atoms with Crippen LogP contribution in [0.5, 0.6) is 0 Å². The van der Waals surface area contributed by atoms with Crippen LogP contribution < -0.4 is 15.8 Å². The largest absolute Gasteiger partial charge is 0.350 e. The molecule has 1 atom stereocenters. The Labute approximate surface area is 183 Å². The Bertz CT molecular complexity index is 1100. The molecule has 1 saturated heterocycles. The molecule has 158 valence electrons. The summed E-state index contributed by atoms with van der Waals surface area (Å²) in [7, 11) is 0. The number of amides is 1. The number of aryl methyl sites for hydroxylation is 1. The maximum atomic E-state index is 12.9. The summed E-state index contributed by atoms with van der Waals surface area (Å²) in [6, 6.07) is 9.53. The van der Waals surface area contributed by atoms with Crippen LogP contribution in [0.4, 0.5) is 5.13 Å². The second-order valence-electron chi connectivity index (χ2n) is 7.42. The lowest BCUT2D eigenvalue weighted by Gasteiger charge is -2.34. The van der Waals surface area contributed by atoms with E-state index in [1.807, 2.05) is 42.2 Å². The van der Waals surface area contributed by atoms with Crippen molar-refractivity contribution < 1.29 is 4.79 Å². The molecule has 1 aliphatic rings. The third-order valence-electron chi connectivity index (χ3n) is 5.26. The zero-order valence-electron chi connectivity index (χ0n) is 16.8. The molecule has 30 heavy (non-hydrogen) atoms. The maximum Gasteiger partial charge on any atom is 0.294 e. The summed E-state index contributed by atoms with van der Waals surface area (Å²) in [4.78, 5) is 32.6. The lowest BCUT2D eigenvalue weighted by molar-refractivity contribution is -0.123. The number of carbonyl (C=O) groups excluding carboxylic acids is 1. The number of anilines is 1. The van der Waals surface area contributed by atoms with Gasteiger partial charge in [-0.1, -0.05) is 66.6 Å². The van der Waals surface area contributed by atoms with Gasteiger partial charge in [-0.05, 0) is 31.2 Å². The Morgan fingerprint density at radius 3 is 2.87 bits per heavy atom. The van der Waals surface area contributed by atoms with Crippen LogP contribution in [0.2, 0.25) is 5.02 Å². The van der Waals surface area contributed by atoms with Crippen molar-refractivity contribution in [1.29, 1.82) is 0 Å². The van der Waals surface area contributed by atoms with Gasteiger partial charge in [0.25, 0.3) is 5.56 Å². The number of halogens is 1. The van der Waals surface area contributed by atoms with E-state index in [0.29, 0.717) is 35.3 Å². The van der Waals surface area contributed by atoms with Gasteiger partial charge in [0.15, 0.2) is 0 Å². The van der Waals surface area contributed by atoms with Crippen molar-refractivity contribution in [2.75, 3.05) is 11.4 Å². The predicted octanol–water partition coefficient (Wildman–Crippen LogP) is 3.43. The highest BCUT2D eigenvalue weighted by atomic mass is 35.5. The van der Waals surface area contributed by atoms with Gasteiger partial charge in [-0.25, -0.2) is 4.98 Å². The number of aromatic nitrogens is 3. The van der Waals surface area contributed by atoms with E-state index in [1.165, 1.54) is 15.9 Å². The second kappa shape index (κ2) is 9.14. The minimum Gasteiger partial charge on any atom is -0.350 e. The zero-order valence-corrected chi connectivity index (χ0v) is 18.4. The van der Waals surface area contributed by atoms with Crippen LogP contribution in [0, 0.1) is 0 Å². The van der Waals surface area contributed by atoms with E-state index >= 15 is 0 Å². The SMILES string of the molecule is CCCc1nc2sc(N3CCCC[C@@H]3C(=O)NCc3ccccc3)nn2c(=O)c1Cl. The molecule has 1 aliphatic heterocycles. The summed E-state index contributed by atoms with van der Waals surface area (Å²) in [5.41, 5.74) is 1.31. The van der Waals surface area contributed by atoms with Gasteiger partial charge in [0.1, 0.15) is 11.1 Å². The molecule has 7 nitrogen and oxygen atoms in total. The van der Waals surface area contributed by atoms with E-state index in [-0.39, 0.29) is 22.5 Å². The molecular weight excluding hydrogens is 422 g/mol. The van der Waals surface area contributed by atoms with E-state index in [4.69, 9.17) is 11.6 Å². The molecule has 0 radical (unpaired) electrons. The van der Waals surface area contributed by atoms with Gasteiger partial charge in [0, 0.05) is 13.1 Å². The first-order valence-corrected chi connectivity index (χ1v) is 11.4. The Morgan fingerprint density at radius 2 is 2.10 bits per heavy atom. The molecule has 1 N–H and O–H groups in total. The molecule has 1 fully saturated rings. The summed E-state index contributed by atoms with van der Waals surface area (Å²) < 4.78 is 1.26. The standard InChI is InChI=1S/C21H24ClN5O2S/c1-2-8-15-17(22)19(29)27-20(24-15)30-21(25-27)26-12-7-6-11-16(26)18(28)23-13-14-9-4-3-5-10-14/h3-5,9-10,16H,2,6-8,11-13H2,1H3,(H,23,28)/t16-/m1/s1. The molecule has 0 aliphatic carbocycles. The van der Waals surface area contributed by atoms with Crippen molar-refractivity contribution in [3.8, 4) is 0 Å². The number of carbonyl (C=O) groups is 1. The summed E-state index contributed by atoms with van der Waals surface area (Å²) in [6.45, 7) is 3.22. The third kappa shape index (κ3) is 4.20. The fraction of sp³-hybridized carbons (Fsp3) is 0.429. The van der Waals surface area contributed by atoms with E-state index < -0.39 is 0 Å². The van der Waals surface area contributed by atoms with Crippen molar-refractivity contribution in [3.63, 3.8) is 0 Å². The quantitative estimate of drug-likeness (QED) is 0.628. The van der Waals surface area contributed by atoms with Gasteiger partial charge in [-0.2, -0.15) is 4.52 Å². The van der Waals surface area contributed by atoms with Gasteiger partial charge >= 0.3 is 0 Å². The summed E-state index contributed by atoms with van der Waals surface area (Å²) in [5.74, 6) is -0.0252. The summed E-state index contributed by atoms with van der Waals surface area (Å²) in [5, 5.41) is 8.27. The monoisotopic (exact) mass is 445 g/mol. The lowest BCUT2D eigenvalue weighted by Crippen LogP contribution is -2.49. The van der Waals surface area contributed by atoms with Crippen LogP contribution in [0.3, 0.4) is 0 Å². The van der Waals surface area contributed by atoms with Crippen LogP contribution in [0.25, 0.3) is 4.96 Å². The Hall–Kier alpha value is -2.45. The second-order valence-corrected chi connectivity index (χ2v) is 8.73. The van der Waals surface area contributed by atoms with E-state index in [9.17, 15) is 9.59 Å². The predicted molar refractivity (Wildman–Crippen MR) is 119 cm³/mol.